The fourth-order valence-electron chi connectivity index (χ4n) is 1.98. The first kappa shape index (κ1) is 10.7. The highest BCUT2D eigenvalue weighted by Crippen LogP contribution is 2.31. The van der Waals surface area contributed by atoms with Gasteiger partial charge in [0.15, 0.2) is 24.1 Å². The molecule has 1 aromatic heterocycles. The third kappa shape index (κ3) is 1.60. The summed E-state index contributed by atoms with van der Waals surface area (Å²) in [4.78, 5) is 21.5. The smallest absolute Gasteiger partial charge is 0.162 e. The lowest BCUT2D eigenvalue weighted by molar-refractivity contribution is -0.108. The van der Waals surface area contributed by atoms with Crippen LogP contribution in [-0.2, 0) is 4.79 Å². The second-order valence-corrected chi connectivity index (χ2v) is 4.13. The van der Waals surface area contributed by atoms with E-state index in [0.717, 1.165) is 23.4 Å². The maximum Gasteiger partial charge on any atom is 0.162 e. The van der Waals surface area contributed by atoms with E-state index < -0.39 is 0 Å². The number of carbonyl (C=O) groups is 1. The highest BCUT2D eigenvalue weighted by atomic mass is 16.1. The Labute approximate surface area is 104 Å². The molecule has 18 heavy (non-hydrogen) atoms. The first-order valence-electron chi connectivity index (χ1n) is 5.67. The van der Waals surface area contributed by atoms with Gasteiger partial charge in [0.05, 0.1) is 11.9 Å². The Morgan fingerprint density at radius 3 is 2.83 bits per heavy atom. The molecule has 2 heterocycles. The molecule has 3 rings (SSSR count). The van der Waals surface area contributed by atoms with Crippen molar-refractivity contribution >= 4 is 17.8 Å². The molecule has 0 radical (unpaired) electrons. The van der Waals surface area contributed by atoms with Crippen LogP contribution in [0.2, 0.25) is 0 Å². The predicted octanol–water partition coefficient (Wildman–Crippen LogP) is 1.53. The van der Waals surface area contributed by atoms with Gasteiger partial charge < -0.3 is 10.2 Å². The van der Waals surface area contributed by atoms with Crippen LogP contribution in [0.1, 0.15) is 0 Å². The van der Waals surface area contributed by atoms with Crippen molar-refractivity contribution in [3.05, 3.63) is 36.5 Å². The van der Waals surface area contributed by atoms with Crippen molar-refractivity contribution in [1.29, 1.82) is 0 Å². The molecule has 1 atom stereocenters. The summed E-state index contributed by atoms with van der Waals surface area (Å²) < 4.78 is 0. The Kier molecular flexibility index (Phi) is 2.44. The van der Waals surface area contributed by atoms with Gasteiger partial charge in [-0.25, -0.2) is 9.97 Å². The third-order valence-corrected chi connectivity index (χ3v) is 2.98. The molecule has 0 saturated heterocycles. The number of carbonyl (C=O) groups excluding carboxylic acids is 1. The van der Waals surface area contributed by atoms with E-state index in [4.69, 9.17) is 0 Å². The summed E-state index contributed by atoms with van der Waals surface area (Å²) in [5.41, 5.74) is 1.75. The standard InChI is InChI=1S/C13H12N4O/c1-17-11(8-18)15-10-7-14-12(16-13(10)17)9-5-3-2-4-6-9/h2-8,11,15H,1H3. The second kappa shape index (κ2) is 4.10. The number of rotatable bonds is 2. The molecule has 1 unspecified atom stereocenters. The zero-order valence-electron chi connectivity index (χ0n) is 9.87. The minimum atomic E-state index is -0.361. The molecule has 0 bridgehead atoms. The van der Waals surface area contributed by atoms with E-state index in [9.17, 15) is 4.79 Å². The van der Waals surface area contributed by atoms with Crippen LogP contribution in [0.4, 0.5) is 11.5 Å². The predicted molar refractivity (Wildman–Crippen MR) is 69.3 cm³/mol. The first-order valence-corrected chi connectivity index (χ1v) is 5.67. The van der Waals surface area contributed by atoms with Crippen LogP contribution < -0.4 is 10.2 Å². The number of hydrogen-bond acceptors (Lipinski definition) is 5. The number of nitrogens with one attached hydrogen (secondary N) is 1. The van der Waals surface area contributed by atoms with Crippen molar-refractivity contribution in [2.75, 3.05) is 17.3 Å². The summed E-state index contributed by atoms with van der Waals surface area (Å²) in [6, 6.07) is 9.76. The zero-order valence-corrected chi connectivity index (χ0v) is 9.87. The minimum Gasteiger partial charge on any atom is -0.355 e. The van der Waals surface area contributed by atoms with Crippen molar-refractivity contribution in [1.82, 2.24) is 9.97 Å². The van der Waals surface area contributed by atoms with E-state index >= 15 is 0 Å². The van der Waals surface area contributed by atoms with Gasteiger partial charge in [-0.05, 0) is 0 Å². The quantitative estimate of drug-likeness (QED) is 0.807. The fraction of sp³-hybridized carbons (Fsp3) is 0.154. The molecule has 0 amide bonds. The van der Waals surface area contributed by atoms with Crippen LogP contribution in [0, 0.1) is 0 Å². The van der Waals surface area contributed by atoms with Gasteiger partial charge in [-0.3, -0.25) is 4.79 Å². The van der Waals surface area contributed by atoms with Crippen molar-refractivity contribution in [2.24, 2.45) is 0 Å². The van der Waals surface area contributed by atoms with Crippen LogP contribution in [0.25, 0.3) is 11.4 Å². The number of aldehydes is 1. The number of aromatic nitrogens is 2. The maximum atomic E-state index is 10.9. The summed E-state index contributed by atoms with van der Waals surface area (Å²) in [6.07, 6.45) is 2.20. The summed E-state index contributed by atoms with van der Waals surface area (Å²) >= 11 is 0. The van der Waals surface area contributed by atoms with Gasteiger partial charge in [0.2, 0.25) is 0 Å². The summed E-state index contributed by atoms with van der Waals surface area (Å²) in [5.74, 6) is 1.41. The SMILES string of the molecule is CN1c2nc(-c3ccccc3)ncc2NC1C=O. The summed E-state index contributed by atoms with van der Waals surface area (Å²) in [5, 5.41) is 3.05. The molecule has 1 aromatic carbocycles. The van der Waals surface area contributed by atoms with Gasteiger partial charge in [0, 0.05) is 12.6 Å². The largest absolute Gasteiger partial charge is 0.355 e. The number of likely N-dealkylation sites (N-methyl/N-ethyl adjacent to an activating group) is 1. The molecule has 5 heteroatoms. The maximum absolute atomic E-state index is 10.9. The molecule has 0 fully saturated rings. The van der Waals surface area contributed by atoms with Crippen LogP contribution in [0.15, 0.2) is 36.5 Å². The van der Waals surface area contributed by atoms with Gasteiger partial charge in [-0.15, -0.1) is 0 Å². The number of hydrogen-bond donors (Lipinski definition) is 1. The lowest BCUT2D eigenvalue weighted by Gasteiger charge is -2.15. The van der Waals surface area contributed by atoms with Gasteiger partial charge in [0.25, 0.3) is 0 Å². The molecule has 1 aliphatic heterocycles. The average molecular weight is 240 g/mol. The number of fused-ring (bicyclic) bond motifs is 1. The Balaban J connectivity index is 2.03. The van der Waals surface area contributed by atoms with E-state index in [2.05, 4.69) is 15.3 Å². The molecule has 2 aromatic rings. The van der Waals surface area contributed by atoms with Crippen LogP contribution in [-0.4, -0.2) is 29.5 Å². The Morgan fingerprint density at radius 1 is 1.33 bits per heavy atom. The normalized spacial score (nSPS) is 17.2. The topological polar surface area (TPSA) is 58.1 Å². The van der Waals surface area contributed by atoms with Crippen molar-refractivity contribution < 1.29 is 4.79 Å². The second-order valence-electron chi connectivity index (χ2n) is 4.13. The van der Waals surface area contributed by atoms with E-state index in [1.165, 1.54) is 0 Å². The molecule has 5 nitrogen and oxygen atoms in total. The average Bonchev–Trinajstić information content (AvgIpc) is 2.76. The molecule has 0 aliphatic carbocycles. The number of anilines is 2. The van der Waals surface area contributed by atoms with Crippen LogP contribution in [0.3, 0.4) is 0 Å². The van der Waals surface area contributed by atoms with E-state index in [0.29, 0.717) is 5.82 Å². The molecule has 90 valence electrons. The van der Waals surface area contributed by atoms with Gasteiger partial charge in [0.1, 0.15) is 0 Å². The number of benzene rings is 1. The van der Waals surface area contributed by atoms with Gasteiger partial charge in [-0.2, -0.15) is 0 Å². The number of nitrogens with zero attached hydrogens (tertiary/aromatic N) is 3. The fourth-order valence-corrected chi connectivity index (χ4v) is 1.98. The Bertz CT molecular complexity index is 585. The molecule has 0 spiro atoms. The lowest BCUT2D eigenvalue weighted by atomic mass is 10.2. The first-order chi connectivity index (χ1) is 8.79. The van der Waals surface area contributed by atoms with Crippen molar-refractivity contribution in [3.8, 4) is 11.4 Å². The summed E-state index contributed by atoms with van der Waals surface area (Å²) in [7, 11) is 1.83. The molecular formula is C13H12N4O. The highest BCUT2D eigenvalue weighted by Gasteiger charge is 2.27. The van der Waals surface area contributed by atoms with Crippen LogP contribution >= 0.6 is 0 Å². The summed E-state index contributed by atoms with van der Waals surface area (Å²) in [6.45, 7) is 0. The van der Waals surface area contributed by atoms with Crippen LogP contribution in [0.5, 0.6) is 0 Å². The lowest BCUT2D eigenvalue weighted by Crippen LogP contribution is -2.33. The molecule has 0 saturated carbocycles. The highest BCUT2D eigenvalue weighted by molar-refractivity contribution is 5.82. The van der Waals surface area contributed by atoms with E-state index in [1.807, 2.05) is 37.4 Å². The Morgan fingerprint density at radius 2 is 2.11 bits per heavy atom. The minimum absolute atomic E-state index is 0.361. The third-order valence-electron chi connectivity index (χ3n) is 2.98. The van der Waals surface area contributed by atoms with Gasteiger partial charge >= 0.3 is 0 Å². The molecule has 1 aliphatic rings. The zero-order chi connectivity index (χ0) is 12.5. The van der Waals surface area contributed by atoms with E-state index in [-0.39, 0.29) is 6.17 Å². The monoisotopic (exact) mass is 240 g/mol. The van der Waals surface area contributed by atoms with E-state index in [1.54, 1.807) is 11.1 Å². The molecular weight excluding hydrogens is 228 g/mol. The Hall–Kier alpha value is -2.43. The van der Waals surface area contributed by atoms with Gasteiger partial charge in [-0.1, -0.05) is 30.3 Å². The van der Waals surface area contributed by atoms with Crippen molar-refractivity contribution in [3.63, 3.8) is 0 Å². The van der Waals surface area contributed by atoms with Crippen molar-refractivity contribution in [2.45, 2.75) is 6.17 Å². The molecule has 1 N–H and O–H groups in total.